The van der Waals surface area contributed by atoms with Gasteiger partial charge in [-0.3, -0.25) is 0 Å². The largest absolute Gasteiger partial charge is 0.479 e. The van der Waals surface area contributed by atoms with Crippen LogP contribution in [0.5, 0.6) is 0 Å². The average molecular weight is 278 g/mol. The lowest BCUT2D eigenvalue weighted by atomic mass is 9.93. The Balaban J connectivity index is 0.000000204. The molecule has 0 bridgehead atoms. The van der Waals surface area contributed by atoms with E-state index < -0.39 is 23.6 Å². The minimum atomic E-state index is -2.16. The van der Waals surface area contributed by atoms with Gasteiger partial charge in [0.2, 0.25) is 5.60 Å². The van der Waals surface area contributed by atoms with E-state index in [1.54, 1.807) is 30.3 Å². The lowest BCUT2D eigenvalue weighted by Crippen LogP contribution is -2.47. The van der Waals surface area contributed by atoms with Crippen LogP contribution in [-0.4, -0.2) is 44.1 Å². The van der Waals surface area contributed by atoms with Crippen molar-refractivity contribution < 1.29 is 30.0 Å². The van der Waals surface area contributed by atoms with Crippen molar-refractivity contribution in [2.75, 3.05) is 0 Å². The molecule has 2 atom stereocenters. The molecule has 0 aromatic heterocycles. The number of hydrogen-bond donors (Lipinski definition) is 4. The van der Waals surface area contributed by atoms with Gasteiger partial charge in [0.05, 0.1) is 5.56 Å². The van der Waals surface area contributed by atoms with E-state index >= 15 is 0 Å². The van der Waals surface area contributed by atoms with Crippen LogP contribution in [0.4, 0.5) is 0 Å². The summed E-state index contributed by atoms with van der Waals surface area (Å²) in [7, 11) is 0. The van der Waals surface area contributed by atoms with Crippen LogP contribution >= 0.6 is 0 Å². The standard InChI is InChI=1S/C7H8O4.C7H6O2/c8-5-3-1-2-4-7(5,11)6(9)10;8-7(9)6-4-2-1-3-5-6/h1-5,8,11H,(H,9,10);1-5H,(H,8,9)/t5-,7+;/m1./s1. The van der Waals surface area contributed by atoms with Crippen molar-refractivity contribution in [1.29, 1.82) is 0 Å². The van der Waals surface area contributed by atoms with Gasteiger partial charge in [-0.25, -0.2) is 9.59 Å². The number of carboxylic acid groups (broad SMARTS) is 2. The molecule has 2 rings (SSSR count). The first-order chi connectivity index (χ1) is 9.38. The Labute approximate surface area is 114 Å². The van der Waals surface area contributed by atoms with Gasteiger partial charge in [-0.2, -0.15) is 0 Å². The maximum atomic E-state index is 10.4. The molecule has 0 radical (unpaired) electrons. The number of benzene rings is 1. The topological polar surface area (TPSA) is 115 Å². The number of aromatic carboxylic acids is 1. The summed E-state index contributed by atoms with van der Waals surface area (Å²) in [5.74, 6) is -2.33. The predicted octanol–water partition coefficient (Wildman–Crippen LogP) is 0.674. The molecule has 1 aromatic rings. The van der Waals surface area contributed by atoms with Gasteiger partial charge in [0, 0.05) is 0 Å². The Morgan fingerprint density at radius 2 is 1.65 bits per heavy atom. The van der Waals surface area contributed by atoms with Crippen molar-refractivity contribution in [2.24, 2.45) is 0 Å². The van der Waals surface area contributed by atoms with E-state index in [9.17, 15) is 14.7 Å². The van der Waals surface area contributed by atoms with Crippen LogP contribution in [0.2, 0.25) is 0 Å². The molecular weight excluding hydrogens is 264 g/mol. The van der Waals surface area contributed by atoms with Crippen LogP contribution in [0.25, 0.3) is 0 Å². The zero-order valence-corrected chi connectivity index (χ0v) is 10.4. The molecule has 1 aliphatic rings. The van der Waals surface area contributed by atoms with E-state index in [2.05, 4.69) is 0 Å². The van der Waals surface area contributed by atoms with Gasteiger partial charge < -0.3 is 20.4 Å². The lowest BCUT2D eigenvalue weighted by Gasteiger charge is -2.24. The highest BCUT2D eigenvalue weighted by Gasteiger charge is 2.40. The number of allylic oxidation sites excluding steroid dienone is 2. The maximum Gasteiger partial charge on any atom is 0.342 e. The summed E-state index contributed by atoms with van der Waals surface area (Å²) < 4.78 is 0. The van der Waals surface area contributed by atoms with Crippen molar-refractivity contribution in [3.05, 3.63) is 60.2 Å². The molecule has 0 saturated carbocycles. The smallest absolute Gasteiger partial charge is 0.342 e. The van der Waals surface area contributed by atoms with Crippen molar-refractivity contribution in [3.63, 3.8) is 0 Å². The summed E-state index contributed by atoms with van der Waals surface area (Å²) in [6, 6.07) is 8.30. The second-order valence-corrected chi connectivity index (χ2v) is 3.99. The van der Waals surface area contributed by atoms with Gasteiger partial charge in [-0.15, -0.1) is 0 Å². The molecule has 0 aliphatic heterocycles. The Bertz CT molecular complexity index is 534. The number of hydrogen-bond acceptors (Lipinski definition) is 4. The van der Waals surface area contributed by atoms with Crippen molar-refractivity contribution >= 4 is 11.9 Å². The van der Waals surface area contributed by atoms with Crippen molar-refractivity contribution in [1.82, 2.24) is 0 Å². The molecule has 0 heterocycles. The fraction of sp³-hybridized carbons (Fsp3) is 0.143. The van der Waals surface area contributed by atoms with E-state index in [0.717, 1.165) is 6.08 Å². The molecule has 0 spiro atoms. The molecule has 20 heavy (non-hydrogen) atoms. The summed E-state index contributed by atoms with van der Waals surface area (Å²) in [6.45, 7) is 0. The molecule has 106 valence electrons. The third-order valence-corrected chi connectivity index (χ3v) is 2.57. The highest BCUT2D eigenvalue weighted by Crippen LogP contribution is 2.17. The number of carbonyl (C=O) groups is 2. The molecule has 0 saturated heterocycles. The first-order valence-electron chi connectivity index (χ1n) is 5.66. The average Bonchev–Trinajstić information content (AvgIpc) is 2.43. The van der Waals surface area contributed by atoms with Crippen LogP contribution in [0.3, 0.4) is 0 Å². The second kappa shape index (κ2) is 6.65. The molecule has 4 N–H and O–H groups in total. The first-order valence-corrected chi connectivity index (χ1v) is 5.66. The molecule has 0 amide bonds. The number of aliphatic hydroxyl groups excluding tert-OH is 1. The zero-order chi connectivity index (χ0) is 15.2. The third-order valence-electron chi connectivity index (χ3n) is 2.57. The fourth-order valence-corrected chi connectivity index (χ4v) is 1.40. The zero-order valence-electron chi connectivity index (χ0n) is 10.4. The van der Waals surface area contributed by atoms with Crippen LogP contribution in [-0.2, 0) is 4.79 Å². The minimum absolute atomic E-state index is 0.331. The summed E-state index contributed by atoms with van der Waals surface area (Å²) in [6.07, 6.45) is 3.74. The first kappa shape index (κ1) is 15.6. The Morgan fingerprint density at radius 1 is 1.05 bits per heavy atom. The third kappa shape index (κ3) is 3.78. The van der Waals surface area contributed by atoms with Gasteiger partial charge in [-0.1, -0.05) is 36.4 Å². The molecule has 0 unspecified atom stereocenters. The molecule has 6 heteroatoms. The predicted molar refractivity (Wildman–Crippen MR) is 70.3 cm³/mol. The maximum absolute atomic E-state index is 10.4. The van der Waals surface area contributed by atoms with E-state index in [4.69, 9.17) is 15.3 Å². The number of carboxylic acids is 2. The Morgan fingerprint density at radius 3 is 2.00 bits per heavy atom. The van der Waals surface area contributed by atoms with Crippen molar-refractivity contribution in [2.45, 2.75) is 11.7 Å². The van der Waals surface area contributed by atoms with E-state index in [0.29, 0.717) is 5.56 Å². The number of aliphatic carboxylic acids is 1. The van der Waals surface area contributed by atoms with Crippen LogP contribution < -0.4 is 0 Å². The van der Waals surface area contributed by atoms with Crippen LogP contribution in [0.15, 0.2) is 54.6 Å². The van der Waals surface area contributed by atoms with Gasteiger partial charge in [0.25, 0.3) is 0 Å². The van der Waals surface area contributed by atoms with Crippen LogP contribution in [0.1, 0.15) is 10.4 Å². The highest BCUT2D eigenvalue weighted by atomic mass is 16.4. The summed E-state index contributed by atoms with van der Waals surface area (Å²) >= 11 is 0. The van der Waals surface area contributed by atoms with Gasteiger partial charge in [0.15, 0.2) is 0 Å². The lowest BCUT2D eigenvalue weighted by molar-refractivity contribution is -0.160. The number of rotatable bonds is 2. The fourth-order valence-electron chi connectivity index (χ4n) is 1.40. The highest BCUT2D eigenvalue weighted by molar-refractivity contribution is 5.87. The van der Waals surface area contributed by atoms with E-state index in [1.807, 2.05) is 0 Å². The van der Waals surface area contributed by atoms with Gasteiger partial charge in [-0.05, 0) is 18.2 Å². The van der Waals surface area contributed by atoms with Crippen LogP contribution in [0, 0.1) is 0 Å². The van der Waals surface area contributed by atoms with E-state index in [-0.39, 0.29) is 0 Å². The summed E-state index contributed by atoms with van der Waals surface area (Å²) in [5.41, 5.74) is -1.83. The number of aliphatic hydroxyl groups is 2. The molecule has 1 aromatic carbocycles. The Kier molecular flexibility index (Phi) is 5.19. The SMILES string of the molecule is O=C(O)[C@]1(O)C=CC=C[C@H]1O.O=C(O)c1ccccc1. The molecule has 6 nitrogen and oxygen atoms in total. The monoisotopic (exact) mass is 278 g/mol. The summed E-state index contributed by atoms with van der Waals surface area (Å²) in [5, 5.41) is 35.1. The summed E-state index contributed by atoms with van der Waals surface area (Å²) in [4.78, 5) is 20.6. The Hall–Kier alpha value is -2.44. The molecule has 1 aliphatic carbocycles. The normalized spacial score (nSPS) is 23.6. The second-order valence-electron chi connectivity index (χ2n) is 3.99. The molecular formula is C14H14O6. The molecule has 0 fully saturated rings. The van der Waals surface area contributed by atoms with Gasteiger partial charge in [0.1, 0.15) is 6.10 Å². The van der Waals surface area contributed by atoms with Crippen molar-refractivity contribution in [3.8, 4) is 0 Å². The quantitative estimate of drug-likeness (QED) is 0.632. The minimum Gasteiger partial charge on any atom is -0.479 e. The van der Waals surface area contributed by atoms with E-state index in [1.165, 1.54) is 18.2 Å². The van der Waals surface area contributed by atoms with Gasteiger partial charge >= 0.3 is 11.9 Å².